The van der Waals surface area contributed by atoms with Crippen molar-refractivity contribution in [2.75, 3.05) is 5.73 Å². The van der Waals surface area contributed by atoms with E-state index in [2.05, 4.69) is 11.4 Å². The Kier molecular flexibility index (Phi) is 5.23. The smallest absolute Gasteiger partial charge is 0.257 e. The van der Waals surface area contributed by atoms with Gasteiger partial charge in [0.1, 0.15) is 16.9 Å². The number of anilines is 1. The molecule has 33 heavy (non-hydrogen) atoms. The second-order valence-corrected chi connectivity index (χ2v) is 8.51. The molecular formula is C26H22ClN5O. The first-order valence-electron chi connectivity index (χ1n) is 10.6. The lowest BCUT2D eigenvalue weighted by atomic mass is 10.1. The van der Waals surface area contributed by atoms with E-state index in [9.17, 15) is 4.79 Å². The largest absolute Gasteiger partial charge is 0.384 e. The van der Waals surface area contributed by atoms with Crippen molar-refractivity contribution in [2.24, 2.45) is 0 Å². The lowest BCUT2D eigenvalue weighted by molar-refractivity contribution is 0.0953. The summed E-state index contributed by atoms with van der Waals surface area (Å²) in [6.45, 7) is 4.32. The molecule has 0 radical (unpaired) electrons. The Morgan fingerprint density at radius 1 is 0.970 bits per heavy atom. The van der Waals surface area contributed by atoms with Gasteiger partial charge in [-0.25, -0.2) is 9.97 Å². The van der Waals surface area contributed by atoms with Crippen LogP contribution in [0.1, 0.15) is 27.0 Å². The first kappa shape index (κ1) is 21.0. The SMILES string of the molecule is Cc1cc(C)cc(-n2c(N)c(C(=O)NCc3ccccc3Cl)c3nc4ccccc4nc32)c1. The average Bonchev–Trinajstić information content (AvgIpc) is 3.06. The fourth-order valence-corrected chi connectivity index (χ4v) is 4.33. The van der Waals surface area contributed by atoms with E-state index in [0.717, 1.165) is 27.9 Å². The Bertz CT molecular complexity index is 1520. The van der Waals surface area contributed by atoms with Crippen LogP contribution < -0.4 is 11.1 Å². The summed E-state index contributed by atoms with van der Waals surface area (Å²) in [5.41, 5.74) is 13.2. The fraction of sp³-hybridized carbons (Fsp3) is 0.115. The molecule has 2 aromatic heterocycles. The predicted molar refractivity (Wildman–Crippen MR) is 133 cm³/mol. The maximum absolute atomic E-state index is 13.4. The summed E-state index contributed by atoms with van der Waals surface area (Å²) in [6.07, 6.45) is 0. The van der Waals surface area contributed by atoms with E-state index in [0.29, 0.717) is 33.1 Å². The van der Waals surface area contributed by atoms with Crippen LogP contribution in [-0.2, 0) is 6.54 Å². The van der Waals surface area contributed by atoms with E-state index >= 15 is 0 Å². The monoisotopic (exact) mass is 455 g/mol. The molecule has 0 saturated heterocycles. The molecule has 7 heteroatoms. The van der Waals surface area contributed by atoms with Crippen LogP contribution in [0.15, 0.2) is 66.7 Å². The van der Waals surface area contributed by atoms with E-state index in [-0.39, 0.29) is 12.5 Å². The normalized spacial score (nSPS) is 11.2. The van der Waals surface area contributed by atoms with Crippen LogP contribution in [0.4, 0.5) is 5.82 Å². The average molecular weight is 456 g/mol. The van der Waals surface area contributed by atoms with Crippen LogP contribution in [0.25, 0.3) is 27.9 Å². The van der Waals surface area contributed by atoms with Gasteiger partial charge >= 0.3 is 0 Å². The number of halogens is 1. The minimum atomic E-state index is -0.329. The zero-order valence-electron chi connectivity index (χ0n) is 18.3. The van der Waals surface area contributed by atoms with Crippen molar-refractivity contribution in [3.05, 3.63) is 94.0 Å². The third-order valence-electron chi connectivity index (χ3n) is 5.59. The summed E-state index contributed by atoms with van der Waals surface area (Å²) in [4.78, 5) is 23.0. The number of nitrogens with zero attached hydrogens (tertiary/aromatic N) is 3. The number of carbonyl (C=O) groups excluding carboxylic acids is 1. The first-order valence-corrected chi connectivity index (χ1v) is 11.0. The Morgan fingerprint density at radius 3 is 2.30 bits per heavy atom. The number of aromatic nitrogens is 3. The number of carbonyl (C=O) groups is 1. The third-order valence-corrected chi connectivity index (χ3v) is 5.96. The van der Waals surface area contributed by atoms with Gasteiger partial charge in [0.2, 0.25) is 0 Å². The Morgan fingerprint density at radius 2 is 1.61 bits per heavy atom. The van der Waals surface area contributed by atoms with Crippen LogP contribution in [0.5, 0.6) is 0 Å². The molecular weight excluding hydrogens is 434 g/mol. The van der Waals surface area contributed by atoms with Crippen molar-refractivity contribution >= 4 is 45.5 Å². The number of nitrogens with one attached hydrogen (secondary N) is 1. The lowest BCUT2D eigenvalue weighted by Gasteiger charge is -2.10. The van der Waals surface area contributed by atoms with Crippen LogP contribution in [0, 0.1) is 13.8 Å². The molecule has 1 amide bonds. The van der Waals surface area contributed by atoms with Crippen molar-refractivity contribution in [1.82, 2.24) is 19.9 Å². The van der Waals surface area contributed by atoms with Crippen molar-refractivity contribution in [1.29, 1.82) is 0 Å². The third kappa shape index (κ3) is 3.79. The topological polar surface area (TPSA) is 85.8 Å². The van der Waals surface area contributed by atoms with Gasteiger partial charge in [-0.1, -0.05) is 48.0 Å². The Labute approximate surface area is 196 Å². The van der Waals surface area contributed by atoms with Crippen LogP contribution >= 0.6 is 11.6 Å². The summed E-state index contributed by atoms with van der Waals surface area (Å²) in [5, 5.41) is 3.53. The number of nitrogens with two attached hydrogens (primary N) is 1. The molecule has 0 spiro atoms. The maximum Gasteiger partial charge on any atom is 0.257 e. The zero-order chi connectivity index (χ0) is 23.1. The van der Waals surface area contributed by atoms with E-state index in [4.69, 9.17) is 27.3 Å². The zero-order valence-corrected chi connectivity index (χ0v) is 19.0. The molecule has 0 unspecified atom stereocenters. The molecule has 0 aliphatic carbocycles. The number of benzene rings is 3. The summed E-state index contributed by atoms with van der Waals surface area (Å²) in [5.74, 6) is -0.0351. The van der Waals surface area contributed by atoms with Crippen LogP contribution in [0.3, 0.4) is 0 Å². The summed E-state index contributed by atoms with van der Waals surface area (Å²) in [7, 11) is 0. The number of amides is 1. The number of rotatable bonds is 4. The molecule has 0 saturated carbocycles. The molecule has 6 nitrogen and oxygen atoms in total. The van der Waals surface area contributed by atoms with Gasteiger partial charge in [0.05, 0.1) is 11.0 Å². The predicted octanol–water partition coefficient (Wildman–Crippen LogP) is 5.36. The molecule has 0 aliphatic heterocycles. The summed E-state index contributed by atoms with van der Waals surface area (Å²) >= 11 is 6.26. The second kappa shape index (κ2) is 8.22. The van der Waals surface area contributed by atoms with Crippen LogP contribution in [0.2, 0.25) is 5.02 Å². The summed E-state index contributed by atoms with van der Waals surface area (Å²) < 4.78 is 1.80. The number of fused-ring (bicyclic) bond motifs is 2. The lowest BCUT2D eigenvalue weighted by Crippen LogP contribution is -2.24. The molecule has 5 aromatic rings. The van der Waals surface area contributed by atoms with E-state index < -0.39 is 0 Å². The Hall–Kier alpha value is -3.90. The number of nitrogen functional groups attached to an aromatic ring is 1. The first-order chi connectivity index (χ1) is 15.9. The number of hydrogen-bond acceptors (Lipinski definition) is 4. The van der Waals surface area contributed by atoms with Gasteiger partial charge in [0.15, 0.2) is 5.65 Å². The maximum atomic E-state index is 13.4. The number of hydrogen-bond donors (Lipinski definition) is 2. The number of para-hydroxylation sites is 2. The van der Waals surface area contributed by atoms with Gasteiger partial charge in [0.25, 0.3) is 5.91 Å². The van der Waals surface area contributed by atoms with Gasteiger partial charge < -0.3 is 11.1 Å². The minimum Gasteiger partial charge on any atom is -0.384 e. The molecule has 2 heterocycles. The molecule has 0 fully saturated rings. The van der Waals surface area contributed by atoms with Crippen molar-refractivity contribution in [3.63, 3.8) is 0 Å². The molecule has 5 rings (SSSR count). The Balaban J connectivity index is 1.69. The van der Waals surface area contributed by atoms with Crippen molar-refractivity contribution in [3.8, 4) is 5.69 Å². The van der Waals surface area contributed by atoms with Gasteiger partial charge in [-0.2, -0.15) is 0 Å². The highest BCUT2D eigenvalue weighted by Crippen LogP contribution is 2.31. The van der Waals surface area contributed by atoms with Gasteiger partial charge in [-0.15, -0.1) is 0 Å². The molecule has 0 aliphatic rings. The molecule has 0 bridgehead atoms. The number of aryl methyl sites for hydroxylation is 2. The van der Waals surface area contributed by atoms with Crippen molar-refractivity contribution in [2.45, 2.75) is 20.4 Å². The van der Waals surface area contributed by atoms with Gasteiger partial charge in [-0.3, -0.25) is 9.36 Å². The van der Waals surface area contributed by atoms with Gasteiger partial charge in [-0.05, 0) is 60.9 Å². The van der Waals surface area contributed by atoms with Crippen molar-refractivity contribution < 1.29 is 4.79 Å². The highest BCUT2D eigenvalue weighted by atomic mass is 35.5. The highest BCUT2D eigenvalue weighted by molar-refractivity contribution is 6.31. The van der Waals surface area contributed by atoms with E-state index in [1.165, 1.54) is 0 Å². The summed E-state index contributed by atoms with van der Waals surface area (Å²) in [6, 6.07) is 21.1. The molecule has 0 atom stereocenters. The van der Waals surface area contributed by atoms with Crippen LogP contribution in [-0.4, -0.2) is 20.4 Å². The quantitative estimate of drug-likeness (QED) is 0.382. The molecule has 164 valence electrons. The molecule has 3 N–H and O–H groups in total. The van der Waals surface area contributed by atoms with E-state index in [1.807, 2.05) is 68.4 Å². The standard InChI is InChI=1S/C26H22ClN5O/c1-15-11-16(2)13-18(12-15)32-24(28)22(26(33)29-14-17-7-3-4-8-19(17)27)23-25(32)31-21-10-6-5-9-20(21)30-23/h3-13H,14,28H2,1-2H3,(H,29,33). The second-order valence-electron chi connectivity index (χ2n) is 8.10. The highest BCUT2D eigenvalue weighted by Gasteiger charge is 2.25. The van der Waals surface area contributed by atoms with Gasteiger partial charge in [0, 0.05) is 17.3 Å². The molecule has 3 aromatic carbocycles. The van der Waals surface area contributed by atoms with E-state index in [1.54, 1.807) is 10.6 Å². The fourth-order valence-electron chi connectivity index (χ4n) is 4.13. The minimum absolute atomic E-state index is 0.273.